The molecule has 28 heavy (non-hydrogen) atoms. The summed E-state index contributed by atoms with van der Waals surface area (Å²) in [6.45, 7) is 10.4. The largest absolute Gasteiger partial charge is 0.394 e. The van der Waals surface area contributed by atoms with E-state index < -0.39 is 5.54 Å². The van der Waals surface area contributed by atoms with Gasteiger partial charge in [-0.3, -0.25) is 4.79 Å². The quantitative estimate of drug-likeness (QED) is 0.500. The minimum Gasteiger partial charge on any atom is -0.394 e. The highest BCUT2D eigenvalue weighted by Gasteiger charge is 2.27. The number of rotatable bonds is 7. The molecule has 0 aliphatic carbocycles. The minimum atomic E-state index is -0.500. The first-order valence-electron chi connectivity index (χ1n) is 9.21. The number of hydrogen-bond acceptors (Lipinski definition) is 6. The molecular formula is C21H31N3O2S2. The summed E-state index contributed by atoms with van der Waals surface area (Å²) in [5.41, 5.74) is 9.88. The lowest BCUT2D eigenvalue weighted by Crippen LogP contribution is -2.46. The number of aliphatic hydroxyl groups excluding tert-OH is 1. The van der Waals surface area contributed by atoms with Crippen LogP contribution in [-0.2, 0) is 10.2 Å². The molecule has 1 amide bonds. The zero-order valence-corrected chi connectivity index (χ0v) is 19.1. The number of carbonyl (C=O) groups excluding carboxylic acids is 1. The molecule has 2 aromatic rings. The molecule has 0 aliphatic heterocycles. The molecule has 0 fully saturated rings. The number of nitrogens with one attached hydrogen (secondary N) is 2. The summed E-state index contributed by atoms with van der Waals surface area (Å²) in [6.07, 6.45) is 2.07. The molecule has 0 saturated heterocycles. The first kappa shape index (κ1) is 22.7. The van der Waals surface area contributed by atoms with Crippen molar-refractivity contribution in [1.82, 2.24) is 5.32 Å². The van der Waals surface area contributed by atoms with E-state index in [0.717, 1.165) is 21.8 Å². The summed E-state index contributed by atoms with van der Waals surface area (Å²) in [5.74, 6) is -0.155. The Bertz CT molecular complexity index is 839. The van der Waals surface area contributed by atoms with Crippen molar-refractivity contribution in [3.05, 3.63) is 29.8 Å². The van der Waals surface area contributed by atoms with Crippen molar-refractivity contribution in [3.8, 4) is 11.1 Å². The molecule has 1 heterocycles. The number of hydrogen-bond donors (Lipinski definition) is 4. The number of benzene rings is 1. The standard InChI is InChI=1S/C21H31N3O2S2/c1-20(2,3)17-16(18(22)28-19(17)27-6)13-8-7-9-14(10-13)24-15(26)11-23-21(4,5)12-25/h7-10,23,25H,11-12,22H2,1-6H3,(H,24,26). The zero-order chi connectivity index (χ0) is 21.1. The number of nitrogen functional groups attached to an aromatic ring is 1. The number of amides is 1. The molecule has 0 spiro atoms. The van der Waals surface area contributed by atoms with E-state index >= 15 is 0 Å². The van der Waals surface area contributed by atoms with Crippen molar-refractivity contribution in [1.29, 1.82) is 0 Å². The molecule has 5 nitrogen and oxygen atoms in total. The first-order chi connectivity index (χ1) is 13.0. The van der Waals surface area contributed by atoms with Gasteiger partial charge in [-0.15, -0.1) is 23.1 Å². The molecule has 0 saturated carbocycles. The van der Waals surface area contributed by atoms with Crippen LogP contribution < -0.4 is 16.4 Å². The molecule has 0 atom stereocenters. The van der Waals surface area contributed by atoms with E-state index in [2.05, 4.69) is 37.7 Å². The minimum absolute atomic E-state index is 0.0408. The van der Waals surface area contributed by atoms with E-state index in [1.54, 1.807) is 23.1 Å². The van der Waals surface area contributed by atoms with Gasteiger partial charge in [0.1, 0.15) is 0 Å². The van der Waals surface area contributed by atoms with Gasteiger partial charge in [0.15, 0.2) is 0 Å². The van der Waals surface area contributed by atoms with Gasteiger partial charge in [-0.25, -0.2) is 0 Å². The third kappa shape index (κ3) is 5.50. The van der Waals surface area contributed by atoms with Crippen molar-refractivity contribution in [2.75, 3.05) is 30.5 Å². The topological polar surface area (TPSA) is 87.4 Å². The summed E-state index contributed by atoms with van der Waals surface area (Å²) in [6, 6.07) is 7.79. The van der Waals surface area contributed by atoms with E-state index in [0.29, 0.717) is 0 Å². The van der Waals surface area contributed by atoms with Crippen LogP contribution in [0.4, 0.5) is 10.7 Å². The number of anilines is 2. The number of thioether (sulfide) groups is 1. The maximum atomic E-state index is 12.3. The van der Waals surface area contributed by atoms with Crippen molar-refractivity contribution in [3.63, 3.8) is 0 Å². The average Bonchev–Trinajstić information content (AvgIpc) is 2.97. The molecule has 0 bridgehead atoms. The van der Waals surface area contributed by atoms with Crippen LogP contribution in [0.1, 0.15) is 40.2 Å². The number of aliphatic hydroxyl groups is 1. The molecule has 7 heteroatoms. The van der Waals surface area contributed by atoms with Crippen LogP contribution in [0.25, 0.3) is 11.1 Å². The van der Waals surface area contributed by atoms with Crippen LogP contribution in [0.3, 0.4) is 0 Å². The third-order valence-corrected chi connectivity index (χ3v) is 6.53. The number of carbonyl (C=O) groups is 1. The highest BCUT2D eigenvalue weighted by molar-refractivity contribution is 8.00. The second-order valence-corrected chi connectivity index (χ2v) is 10.6. The summed E-state index contributed by atoms with van der Waals surface area (Å²) in [5, 5.41) is 16.1. The van der Waals surface area contributed by atoms with Crippen LogP contribution in [0.2, 0.25) is 0 Å². The fraction of sp³-hybridized carbons (Fsp3) is 0.476. The maximum Gasteiger partial charge on any atom is 0.238 e. The molecule has 5 N–H and O–H groups in total. The Morgan fingerprint density at radius 3 is 2.50 bits per heavy atom. The predicted octanol–water partition coefficient (Wildman–Crippen LogP) is 4.32. The maximum absolute atomic E-state index is 12.3. The molecule has 1 aromatic heterocycles. The average molecular weight is 422 g/mol. The van der Waals surface area contributed by atoms with Crippen molar-refractivity contribution >= 4 is 39.7 Å². The van der Waals surface area contributed by atoms with Gasteiger partial charge in [0.05, 0.1) is 22.4 Å². The van der Waals surface area contributed by atoms with Crippen LogP contribution >= 0.6 is 23.1 Å². The molecule has 0 aliphatic rings. The van der Waals surface area contributed by atoms with Crippen molar-refractivity contribution in [2.45, 2.75) is 49.8 Å². The van der Waals surface area contributed by atoms with Crippen LogP contribution in [0.15, 0.2) is 28.5 Å². The van der Waals surface area contributed by atoms with E-state index in [-0.39, 0.29) is 24.5 Å². The normalized spacial score (nSPS) is 12.2. The van der Waals surface area contributed by atoms with Crippen LogP contribution in [0, 0.1) is 0 Å². The van der Waals surface area contributed by atoms with Gasteiger partial charge >= 0.3 is 0 Å². The Balaban J connectivity index is 2.29. The van der Waals surface area contributed by atoms with Gasteiger partial charge in [-0.2, -0.15) is 0 Å². The molecule has 1 aromatic carbocycles. The number of thiophene rings is 1. The fourth-order valence-electron chi connectivity index (χ4n) is 2.87. The van der Waals surface area contributed by atoms with Crippen LogP contribution in [0.5, 0.6) is 0 Å². The molecule has 0 unspecified atom stereocenters. The Hall–Kier alpha value is -1.54. The third-order valence-electron chi connectivity index (χ3n) is 4.40. The van der Waals surface area contributed by atoms with E-state index in [9.17, 15) is 9.90 Å². The molecule has 154 valence electrons. The summed E-state index contributed by atoms with van der Waals surface area (Å²) < 4.78 is 1.23. The van der Waals surface area contributed by atoms with Gasteiger partial charge in [-0.05, 0) is 48.8 Å². The number of nitrogens with two attached hydrogens (primary N) is 1. The zero-order valence-electron chi connectivity index (χ0n) is 17.5. The Morgan fingerprint density at radius 2 is 1.93 bits per heavy atom. The smallest absolute Gasteiger partial charge is 0.238 e. The predicted molar refractivity (Wildman–Crippen MR) is 122 cm³/mol. The lowest BCUT2D eigenvalue weighted by molar-refractivity contribution is -0.115. The van der Waals surface area contributed by atoms with Gasteiger partial charge in [-0.1, -0.05) is 32.9 Å². The lowest BCUT2D eigenvalue weighted by Gasteiger charge is -2.23. The van der Waals surface area contributed by atoms with Gasteiger partial charge < -0.3 is 21.5 Å². The van der Waals surface area contributed by atoms with Crippen molar-refractivity contribution < 1.29 is 9.90 Å². The first-order valence-corrected chi connectivity index (χ1v) is 11.3. The van der Waals surface area contributed by atoms with Crippen LogP contribution in [-0.4, -0.2) is 36.0 Å². The SMILES string of the molecule is CSc1sc(N)c(-c2cccc(NC(=O)CNC(C)(C)CO)c2)c1C(C)(C)C. The highest BCUT2D eigenvalue weighted by Crippen LogP contribution is 2.48. The monoisotopic (exact) mass is 421 g/mol. The Kier molecular flexibility index (Phi) is 7.20. The lowest BCUT2D eigenvalue weighted by atomic mass is 9.84. The molecule has 2 rings (SSSR count). The van der Waals surface area contributed by atoms with Gasteiger partial charge in [0.25, 0.3) is 0 Å². The summed E-state index contributed by atoms with van der Waals surface area (Å²) in [4.78, 5) is 12.3. The van der Waals surface area contributed by atoms with E-state index in [1.807, 2.05) is 38.1 Å². The molecular weight excluding hydrogens is 390 g/mol. The van der Waals surface area contributed by atoms with E-state index in [1.165, 1.54) is 9.77 Å². The molecule has 0 radical (unpaired) electrons. The van der Waals surface area contributed by atoms with E-state index in [4.69, 9.17) is 5.73 Å². The summed E-state index contributed by atoms with van der Waals surface area (Å²) >= 11 is 3.33. The summed E-state index contributed by atoms with van der Waals surface area (Å²) in [7, 11) is 0. The fourth-order valence-corrected chi connectivity index (χ4v) is 5.12. The Morgan fingerprint density at radius 1 is 1.25 bits per heavy atom. The second kappa shape index (κ2) is 8.86. The highest BCUT2D eigenvalue weighted by atomic mass is 32.2. The van der Waals surface area contributed by atoms with Crippen molar-refractivity contribution in [2.24, 2.45) is 0 Å². The van der Waals surface area contributed by atoms with Gasteiger partial charge in [0.2, 0.25) is 5.91 Å². The Labute approximate surface area is 176 Å². The second-order valence-electron chi connectivity index (χ2n) is 8.48. The van der Waals surface area contributed by atoms with Gasteiger partial charge in [0, 0.05) is 16.8 Å².